The molecule has 0 radical (unpaired) electrons. The molecule has 0 bridgehead atoms. The van der Waals surface area contributed by atoms with Crippen LogP contribution in [0.25, 0.3) is 4.96 Å². The Morgan fingerprint density at radius 3 is 3.00 bits per heavy atom. The van der Waals surface area contributed by atoms with Crippen molar-refractivity contribution in [2.45, 2.75) is 25.7 Å². The molecule has 7 heteroatoms. The number of nitrogens with zero attached hydrogens (tertiary/aromatic N) is 3. The number of nitriles is 1. The lowest BCUT2D eigenvalue weighted by molar-refractivity contribution is 0.273. The smallest absolute Gasteiger partial charge is 0.295 e. The maximum atomic E-state index is 14.7. The second kappa shape index (κ2) is 6.31. The van der Waals surface area contributed by atoms with Crippen LogP contribution in [-0.2, 0) is 6.42 Å². The number of aryl methyl sites for hydroxylation is 1. The van der Waals surface area contributed by atoms with E-state index in [1.807, 2.05) is 6.92 Å². The Labute approximate surface area is 153 Å². The third-order valence-electron chi connectivity index (χ3n) is 4.85. The molecule has 4 rings (SSSR count). The summed E-state index contributed by atoms with van der Waals surface area (Å²) in [6.45, 7) is 1.97. The maximum Gasteiger partial charge on any atom is 0.295 e. The average molecular weight is 369 g/mol. The zero-order chi connectivity index (χ0) is 18.4. The standard InChI is InChI=1S/C19H16FN3O2S/c1-10-17(14-7-13(14)9-24)23-18(25)16(20)15(22-19(23)26-10)6-11-3-2-4-12(5-11)8-21/h2-5,13-14,24H,6-7,9H2,1H3. The van der Waals surface area contributed by atoms with E-state index in [1.165, 1.54) is 15.7 Å². The summed E-state index contributed by atoms with van der Waals surface area (Å²) in [6, 6.07) is 8.91. The molecule has 3 aromatic rings. The first-order valence-corrected chi connectivity index (χ1v) is 9.15. The fourth-order valence-electron chi connectivity index (χ4n) is 3.42. The van der Waals surface area contributed by atoms with E-state index >= 15 is 0 Å². The van der Waals surface area contributed by atoms with Crippen LogP contribution in [-0.4, -0.2) is 21.1 Å². The minimum absolute atomic E-state index is 0.0689. The third-order valence-corrected chi connectivity index (χ3v) is 5.82. The Morgan fingerprint density at radius 2 is 2.31 bits per heavy atom. The van der Waals surface area contributed by atoms with Gasteiger partial charge in [0.2, 0.25) is 5.82 Å². The van der Waals surface area contributed by atoms with Crippen molar-refractivity contribution < 1.29 is 9.50 Å². The fraction of sp³-hybridized carbons (Fsp3) is 0.316. The summed E-state index contributed by atoms with van der Waals surface area (Å²) in [5.74, 6) is -0.634. The van der Waals surface area contributed by atoms with Crippen molar-refractivity contribution in [3.63, 3.8) is 0 Å². The number of hydrogen-bond acceptors (Lipinski definition) is 5. The molecule has 2 unspecified atom stereocenters. The molecule has 26 heavy (non-hydrogen) atoms. The van der Waals surface area contributed by atoms with E-state index in [1.54, 1.807) is 24.3 Å². The first-order chi connectivity index (χ1) is 12.5. The molecule has 1 aromatic carbocycles. The summed E-state index contributed by atoms with van der Waals surface area (Å²) in [6.07, 6.45) is 0.960. The lowest BCUT2D eigenvalue weighted by Crippen LogP contribution is -2.22. The van der Waals surface area contributed by atoms with Crippen LogP contribution in [0, 0.1) is 30.0 Å². The summed E-state index contributed by atoms with van der Waals surface area (Å²) in [5, 5.41) is 18.3. The Balaban J connectivity index is 1.80. The van der Waals surface area contributed by atoms with E-state index in [9.17, 15) is 14.3 Å². The van der Waals surface area contributed by atoms with Crippen LogP contribution >= 0.6 is 11.3 Å². The van der Waals surface area contributed by atoms with E-state index < -0.39 is 11.4 Å². The highest BCUT2D eigenvalue weighted by atomic mass is 32.1. The van der Waals surface area contributed by atoms with Crippen molar-refractivity contribution in [3.05, 3.63) is 67.8 Å². The minimum atomic E-state index is -0.856. The molecule has 0 saturated heterocycles. The maximum absolute atomic E-state index is 14.7. The van der Waals surface area contributed by atoms with Gasteiger partial charge in [-0.25, -0.2) is 4.98 Å². The van der Waals surface area contributed by atoms with E-state index in [-0.39, 0.29) is 30.6 Å². The van der Waals surface area contributed by atoms with Crippen molar-refractivity contribution in [1.29, 1.82) is 5.26 Å². The van der Waals surface area contributed by atoms with E-state index in [0.717, 1.165) is 22.6 Å². The van der Waals surface area contributed by atoms with Crippen molar-refractivity contribution in [2.75, 3.05) is 6.61 Å². The van der Waals surface area contributed by atoms with Gasteiger partial charge in [0.15, 0.2) is 4.96 Å². The van der Waals surface area contributed by atoms with Crippen LogP contribution in [0.15, 0.2) is 29.1 Å². The first-order valence-electron chi connectivity index (χ1n) is 8.33. The van der Waals surface area contributed by atoms with Gasteiger partial charge in [-0.05, 0) is 37.0 Å². The van der Waals surface area contributed by atoms with E-state index in [0.29, 0.717) is 10.5 Å². The van der Waals surface area contributed by atoms with Crippen LogP contribution in [0.2, 0.25) is 0 Å². The van der Waals surface area contributed by atoms with Gasteiger partial charge in [0, 0.05) is 29.5 Å². The number of aromatic nitrogens is 2. The molecule has 2 heterocycles. The number of benzene rings is 1. The number of hydrogen-bond donors (Lipinski definition) is 1. The van der Waals surface area contributed by atoms with E-state index in [2.05, 4.69) is 11.1 Å². The number of halogens is 1. The Hall–Kier alpha value is -2.56. The lowest BCUT2D eigenvalue weighted by atomic mass is 10.1. The topological polar surface area (TPSA) is 78.4 Å². The molecule has 2 aromatic heterocycles. The third kappa shape index (κ3) is 2.71. The summed E-state index contributed by atoms with van der Waals surface area (Å²) >= 11 is 1.37. The SMILES string of the molecule is Cc1sc2nc(Cc3cccc(C#N)c3)c(F)c(=O)n2c1C1CC1CO. The molecule has 2 atom stereocenters. The molecule has 0 amide bonds. The van der Waals surface area contributed by atoms with Crippen LogP contribution in [0.1, 0.15) is 39.7 Å². The van der Waals surface area contributed by atoms with Gasteiger partial charge in [-0.3, -0.25) is 9.20 Å². The highest BCUT2D eigenvalue weighted by molar-refractivity contribution is 7.17. The van der Waals surface area contributed by atoms with Gasteiger partial charge in [0.1, 0.15) is 0 Å². The molecule has 0 aliphatic heterocycles. The summed E-state index contributed by atoms with van der Waals surface area (Å²) < 4.78 is 16.1. The first kappa shape index (κ1) is 16.9. The number of aliphatic hydroxyl groups excluding tert-OH is 1. The van der Waals surface area contributed by atoms with Crippen LogP contribution in [0.4, 0.5) is 4.39 Å². The minimum Gasteiger partial charge on any atom is -0.396 e. The molecule has 1 saturated carbocycles. The van der Waals surface area contributed by atoms with Crippen molar-refractivity contribution in [2.24, 2.45) is 5.92 Å². The van der Waals surface area contributed by atoms with Gasteiger partial charge in [0.05, 0.1) is 17.3 Å². The van der Waals surface area contributed by atoms with Crippen LogP contribution in [0.3, 0.4) is 0 Å². The second-order valence-corrected chi connectivity index (χ2v) is 7.79. The predicted molar refractivity (Wildman–Crippen MR) is 95.9 cm³/mol. The molecule has 5 nitrogen and oxygen atoms in total. The summed E-state index contributed by atoms with van der Waals surface area (Å²) in [5.41, 5.74) is 1.39. The number of aliphatic hydroxyl groups is 1. The van der Waals surface area contributed by atoms with Gasteiger partial charge in [-0.1, -0.05) is 12.1 Å². The monoisotopic (exact) mass is 369 g/mol. The Morgan fingerprint density at radius 1 is 1.50 bits per heavy atom. The summed E-state index contributed by atoms with van der Waals surface area (Å²) in [7, 11) is 0. The molecule has 1 aliphatic rings. The number of thiazole rings is 1. The van der Waals surface area contributed by atoms with Crippen LogP contribution < -0.4 is 5.56 Å². The molecule has 1 fully saturated rings. The number of rotatable bonds is 4. The van der Waals surface area contributed by atoms with E-state index in [4.69, 9.17) is 5.26 Å². The second-order valence-electron chi connectivity index (χ2n) is 6.61. The zero-order valence-electron chi connectivity index (χ0n) is 14.1. The normalized spacial score (nSPS) is 18.8. The van der Waals surface area contributed by atoms with Gasteiger partial charge in [0.25, 0.3) is 5.56 Å². The fourth-order valence-corrected chi connectivity index (χ4v) is 4.47. The van der Waals surface area contributed by atoms with Gasteiger partial charge in [-0.2, -0.15) is 9.65 Å². The molecular weight excluding hydrogens is 353 g/mol. The zero-order valence-corrected chi connectivity index (χ0v) is 14.9. The van der Waals surface area contributed by atoms with Crippen molar-refractivity contribution >= 4 is 16.3 Å². The summed E-state index contributed by atoms with van der Waals surface area (Å²) in [4.78, 5) is 18.5. The van der Waals surface area contributed by atoms with Gasteiger partial charge < -0.3 is 5.11 Å². The molecule has 1 N–H and O–H groups in total. The largest absolute Gasteiger partial charge is 0.396 e. The average Bonchev–Trinajstić information content (AvgIpc) is 3.34. The lowest BCUT2D eigenvalue weighted by Gasteiger charge is -2.06. The molecule has 0 spiro atoms. The Kier molecular flexibility index (Phi) is 4.10. The van der Waals surface area contributed by atoms with Gasteiger partial charge >= 0.3 is 0 Å². The number of fused-ring (bicyclic) bond motifs is 1. The molecule has 132 valence electrons. The molecular formula is C19H16FN3O2S. The highest BCUT2D eigenvalue weighted by Crippen LogP contribution is 2.49. The highest BCUT2D eigenvalue weighted by Gasteiger charge is 2.41. The van der Waals surface area contributed by atoms with Crippen molar-refractivity contribution in [3.8, 4) is 6.07 Å². The predicted octanol–water partition coefficient (Wildman–Crippen LogP) is 2.76. The van der Waals surface area contributed by atoms with Crippen molar-refractivity contribution in [1.82, 2.24) is 9.38 Å². The Bertz CT molecular complexity index is 1110. The van der Waals surface area contributed by atoms with Crippen LogP contribution in [0.5, 0.6) is 0 Å². The molecule has 1 aliphatic carbocycles. The van der Waals surface area contributed by atoms with Gasteiger partial charge in [-0.15, -0.1) is 11.3 Å². The quantitative estimate of drug-likeness (QED) is 0.767.